The van der Waals surface area contributed by atoms with Gasteiger partial charge in [0, 0.05) is 11.1 Å². The van der Waals surface area contributed by atoms with Crippen molar-refractivity contribution >= 4 is 51.0 Å². The molecule has 1 amide bonds. The van der Waals surface area contributed by atoms with Gasteiger partial charge in [-0.2, -0.15) is 0 Å². The van der Waals surface area contributed by atoms with Crippen LogP contribution in [0.5, 0.6) is 0 Å². The Morgan fingerprint density at radius 1 is 1.21 bits per heavy atom. The first-order chi connectivity index (χ1) is 14.2. The molecule has 0 saturated heterocycles. The fraction of sp³-hybridized carbons (Fsp3) is 0.350. The van der Waals surface area contributed by atoms with Crippen molar-refractivity contribution in [3.05, 3.63) is 41.1 Å². The largest absolute Gasteiger partial charge is 0.452 e. The monoisotopic (exact) mass is 428 g/mol. The van der Waals surface area contributed by atoms with Crippen LogP contribution in [0.4, 0.5) is 5.13 Å². The Morgan fingerprint density at radius 2 is 2.03 bits per heavy atom. The minimum atomic E-state index is -0.489. The first kappa shape index (κ1) is 19.8. The zero-order valence-electron chi connectivity index (χ0n) is 15.9. The van der Waals surface area contributed by atoms with Gasteiger partial charge in [-0.25, -0.2) is 4.79 Å². The number of esters is 1. The first-order valence-corrected chi connectivity index (χ1v) is 11.3. The quantitative estimate of drug-likeness (QED) is 0.362. The fourth-order valence-electron chi connectivity index (χ4n) is 3.41. The van der Waals surface area contributed by atoms with Gasteiger partial charge in [-0.1, -0.05) is 48.2 Å². The van der Waals surface area contributed by atoms with Crippen LogP contribution >= 0.6 is 23.1 Å². The van der Waals surface area contributed by atoms with Crippen LogP contribution in [0.15, 0.2) is 28.6 Å². The molecule has 0 radical (unpaired) electrons. The number of nitrogens with zero attached hydrogens (tertiary/aromatic N) is 3. The highest BCUT2D eigenvalue weighted by molar-refractivity contribution is 8.01. The molecule has 7 nitrogen and oxygen atoms in total. The lowest BCUT2D eigenvalue weighted by Gasteiger charge is -2.19. The molecule has 0 spiro atoms. The summed E-state index contributed by atoms with van der Waals surface area (Å²) in [5.74, 6) is -0.0455. The number of ether oxygens (including phenoxy) is 1. The van der Waals surface area contributed by atoms with E-state index >= 15 is 0 Å². The zero-order valence-corrected chi connectivity index (χ0v) is 17.6. The molecule has 3 aromatic rings. The number of anilines is 1. The Balaban J connectivity index is 1.49. The standard InChI is InChI=1S/C20H20N4O3S2/c1-2-28-20-24-23-19(29-20)22-16(25)11-27-18(26)17-12-7-3-5-9-14(12)21-15-10-6-4-8-13(15)17/h3,5,7,9H,2,4,6,8,10-11H2,1H3,(H,22,23,25). The number of nitrogens with one attached hydrogen (secondary N) is 1. The number of aryl methyl sites for hydroxylation is 1. The number of pyridine rings is 1. The number of aromatic nitrogens is 3. The number of rotatable bonds is 6. The Bertz CT molecular complexity index is 1070. The molecule has 150 valence electrons. The molecule has 4 rings (SSSR count). The van der Waals surface area contributed by atoms with Gasteiger partial charge in [0.2, 0.25) is 5.13 Å². The molecule has 2 aromatic heterocycles. The molecular weight excluding hydrogens is 408 g/mol. The first-order valence-electron chi connectivity index (χ1n) is 9.49. The average molecular weight is 429 g/mol. The predicted octanol–water partition coefficient (Wildman–Crippen LogP) is 3.87. The van der Waals surface area contributed by atoms with E-state index in [9.17, 15) is 9.59 Å². The summed E-state index contributed by atoms with van der Waals surface area (Å²) < 4.78 is 6.15. The minimum Gasteiger partial charge on any atom is -0.452 e. The Hall–Kier alpha value is -2.52. The number of amides is 1. The molecule has 29 heavy (non-hydrogen) atoms. The third-order valence-corrected chi connectivity index (χ3v) is 6.48. The van der Waals surface area contributed by atoms with Gasteiger partial charge >= 0.3 is 5.97 Å². The zero-order chi connectivity index (χ0) is 20.2. The molecule has 0 aliphatic heterocycles. The van der Waals surface area contributed by atoms with Crippen molar-refractivity contribution in [2.24, 2.45) is 0 Å². The molecule has 0 unspecified atom stereocenters. The molecule has 2 heterocycles. The lowest BCUT2D eigenvalue weighted by molar-refractivity contribution is -0.119. The van der Waals surface area contributed by atoms with Gasteiger partial charge < -0.3 is 4.74 Å². The van der Waals surface area contributed by atoms with Crippen molar-refractivity contribution < 1.29 is 14.3 Å². The maximum absolute atomic E-state index is 12.9. The van der Waals surface area contributed by atoms with Crippen molar-refractivity contribution in [1.29, 1.82) is 0 Å². The van der Waals surface area contributed by atoms with Crippen LogP contribution in [0.2, 0.25) is 0 Å². The van der Waals surface area contributed by atoms with Crippen molar-refractivity contribution in [3.8, 4) is 0 Å². The number of thioether (sulfide) groups is 1. The summed E-state index contributed by atoms with van der Waals surface area (Å²) in [4.78, 5) is 29.8. The summed E-state index contributed by atoms with van der Waals surface area (Å²) >= 11 is 2.85. The van der Waals surface area contributed by atoms with Crippen LogP contribution in [-0.2, 0) is 22.4 Å². The van der Waals surface area contributed by atoms with Gasteiger partial charge in [0.15, 0.2) is 10.9 Å². The highest BCUT2D eigenvalue weighted by atomic mass is 32.2. The number of hydrogen-bond donors (Lipinski definition) is 1. The van der Waals surface area contributed by atoms with Crippen LogP contribution < -0.4 is 5.32 Å². The smallest absolute Gasteiger partial charge is 0.339 e. The number of hydrogen-bond acceptors (Lipinski definition) is 8. The topological polar surface area (TPSA) is 94.1 Å². The molecule has 1 aromatic carbocycles. The molecule has 0 saturated carbocycles. The molecule has 0 bridgehead atoms. The third-order valence-electron chi connectivity index (χ3n) is 4.63. The third kappa shape index (κ3) is 4.40. The van der Waals surface area contributed by atoms with E-state index in [0.717, 1.165) is 57.9 Å². The van der Waals surface area contributed by atoms with E-state index in [1.807, 2.05) is 31.2 Å². The van der Waals surface area contributed by atoms with Crippen molar-refractivity contribution in [3.63, 3.8) is 0 Å². The van der Waals surface area contributed by atoms with E-state index in [2.05, 4.69) is 15.5 Å². The number of carbonyl (C=O) groups excluding carboxylic acids is 2. The maximum Gasteiger partial charge on any atom is 0.339 e. The highest BCUT2D eigenvalue weighted by Gasteiger charge is 2.24. The van der Waals surface area contributed by atoms with Gasteiger partial charge in [0.1, 0.15) is 0 Å². The average Bonchev–Trinajstić information content (AvgIpc) is 3.17. The van der Waals surface area contributed by atoms with Crippen molar-refractivity contribution in [2.45, 2.75) is 36.9 Å². The second-order valence-electron chi connectivity index (χ2n) is 6.57. The second kappa shape index (κ2) is 8.87. The van der Waals surface area contributed by atoms with E-state index < -0.39 is 11.9 Å². The second-order valence-corrected chi connectivity index (χ2v) is 9.06. The maximum atomic E-state index is 12.9. The lowest BCUT2D eigenvalue weighted by atomic mass is 9.90. The van der Waals surface area contributed by atoms with Crippen LogP contribution in [0.1, 0.15) is 41.4 Å². The normalized spacial score (nSPS) is 13.1. The van der Waals surface area contributed by atoms with E-state index in [1.54, 1.807) is 11.8 Å². The van der Waals surface area contributed by atoms with E-state index in [1.165, 1.54) is 11.3 Å². The Kier molecular flexibility index (Phi) is 6.05. The fourth-order valence-corrected chi connectivity index (χ4v) is 5.07. The van der Waals surface area contributed by atoms with E-state index in [-0.39, 0.29) is 6.61 Å². The Morgan fingerprint density at radius 3 is 2.90 bits per heavy atom. The van der Waals surface area contributed by atoms with Gasteiger partial charge in [0.25, 0.3) is 5.91 Å². The molecule has 0 fully saturated rings. The summed E-state index contributed by atoms with van der Waals surface area (Å²) in [5.41, 5.74) is 3.22. The molecule has 9 heteroatoms. The van der Waals surface area contributed by atoms with Gasteiger partial charge in [-0.15, -0.1) is 10.2 Å². The summed E-state index contributed by atoms with van der Waals surface area (Å²) in [7, 11) is 0. The predicted molar refractivity (Wildman–Crippen MR) is 114 cm³/mol. The molecule has 1 aliphatic carbocycles. The van der Waals surface area contributed by atoms with Crippen molar-refractivity contribution in [1.82, 2.24) is 15.2 Å². The lowest BCUT2D eigenvalue weighted by Crippen LogP contribution is -2.22. The Labute approximate surface area is 176 Å². The number of fused-ring (bicyclic) bond motifs is 2. The number of carbonyl (C=O) groups is 2. The van der Waals surface area contributed by atoms with Crippen molar-refractivity contribution in [2.75, 3.05) is 17.7 Å². The van der Waals surface area contributed by atoms with Crippen LogP contribution in [0, 0.1) is 0 Å². The summed E-state index contributed by atoms with van der Waals surface area (Å²) in [6, 6.07) is 7.56. The molecular formula is C20H20N4O3S2. The number of benzene rings is 1. The van der Waals surface area contributed by atoms with Gasteiger partial charge in [-0.3, -0.25) is 15.1 Å². The van der Waals surface area contributed by atoms with Crippen LogP contribution in [0.25, 0.3) is 10.9 Å². The molecule has 1 N–H and O–H groups in total. The summed E-state index contributed by atoms with van der Waals surface area (Å²) in [6.45, 7) is 1.64. The van der Waals surface area contributed by atoms with Crippen LogP contribution in [-0.4, -0.2) is 39.4 Å². The van der Waals surface area contributed by atoms with E-state index in [0.29, 0.717) is 10.7 Å². The SMILES string of the molecule is CCSc1nnc(NC(=O)COC(=O)c2c3c(nc4ccccc24)CCCC3)s1. The van der Waals surface area contributed by atoms with E-state index in [4.69, 9.17) is 9.72 Å². The van der Waals surface area contributed by atoms with Gasteiger partial charge in [0.05, 0.1) is 11.1 Å². The minimum absolute atomic E-state index is 0.375. The van der Waals surface area contributed by atoms with Gasteiger partial charge in [-0.05, 0) is 43.1 Å². The summed E-state index contributed by atoms with van der Waals surface area (Å²) in [5, 5.41) is 11.7. The number of para-hydroxylation sites is 1. The highest BCUT2D eigenvalue weighted by Crippen LogP contribution is 2.30. The molecule has 1 aliphatic rings. The molecule has 0 atom stereocenters. The van der Waals surface area contributed by atoms with Crippen LogP contribution in [0.3, 0.4) is 0 Å². The summed E-state index contributed by atoms with van der Waals surface area (Å²) in [6.07, 6.45) is 3.74.